The average Bonchev–Trinajstić information content (AvgIpc) is 3.24. The molecule has 5 nitrogen and oxygen atoms in total. The summed E-state index contributed by atoms with van der Waals surface area (Å²) in [5.74, 6) is -0.535. The van der Waals surface area contributed by atoms with Crippen LogP contribution in [0.25, 0.3) is 0 Å². The number of alkyl halides is 3. The van der Waals surface area contributed by atoms with Crippen LogP contribution < -0.4 is 4.74 Å². The molecule has 1 unspecified atom stereocenters. The third-order valence-electron chi connectivity index (χ3n) is 5.14. The van der Waals surface area contributed by atoms with Crippen molar-refractivity contribution in [2.24, 2.45) is 10.2 Å². The van der Waals surface area contributed by atoms with Gasteiger partial charge in [-0.15, -0.1) is 0 Å². The van der Waals surface area contributed by atoms with E-state index in [1.165, 1.54) is 19.2 Å². The zero-order chi connectivity index (χ0) is 19.0. The highest BCUT2D eigenvalue weighted by atomic mass is 19.4. The van der Waals surface area contributed by atoms with E-state index in [4.69, 9.17) is 9.47 Å². The van der Waals surface area contributed by atoms with E-state index in [1.54, 1.807) is 13.0 Å². The minimum absolute atomic E-state index is 0.00499. The van der Waals surface area contributed by atoms with Gasteiger partial charge in [-0.1, -0.05) is 12.1 Å². The number of aryl methyl sites for hydroxylation is 1. The molecule has 0 saturated heterocycles. The molecule has 0 amide bonds. The number of carbonyl (C=O) groups is 1. The van der Waals surface area contributed by atoms with Crippen LogP contribution in [0, 0.1) is 6.92 Å². The predicted octanol–water partition coefficient (Wildman–Crippen LogP) is 4.47. The van der Waals surface area contributed by atoms with E-state index >= 15 is 0 Å². The maximum Gasteiger partial charge on any atom is 0.419 e. The smallest absolute Gasteiger partial charge is 0.419 e. The van der Waals surface area contributed by atoms with Crippen molar-refractivity contribution in [1.29, 1.82) is 0 Å². The zero-order valence-electron chi connectivity index (χ0n) is 14.7. The van der Waals surface area contributed by atoms with Crippen molar-refractivity contribution in [3.05, 3.63) is 29.3 Å². The average molecular weight is 370 g/mol. The zero-order valence-corrected chi connectivity index (χ0v) is 14.7. The van der Waals surface area contributed by atoms with Gasteiger partial charge in [0.05, 0.1) is 13.7 Å². The lowest BCUT2D eigenvalue weighted by molar-refractivity contribution is -0.188. The summed E-state index contributed by atoms with van der Waals surface area (Å²) in [4.78, 5) is 12.3. The fraction of sp³-hybridized carbons (Fsp3) is 0.611. The standard InChI is InChI=1S/C18H21F3N2O3/c1-12-5-6-13(17(18(19,20)21)9-10-22-23-17)14(11-12)26-16(15(24)25-2)7-3-4-8-16/h5-6,11H,3-4,7-10H2,1-2H3. The molecular weight excluding hydrogens is 349 g/mol. The number of carbonyl (C=O) groups excluding carboxylic acids is 1. The number of halogens is 3. The number of esters is 1. The molecule has 1 aromatic rings. The summed E-state index contributed by atoms with van der Waals surface area (Å²) in [7, 11) is 1.26. The first kappa shape index (κ1) is 18.7. The fourth-order valence-corrected chi connectivity index (χ4v) is 3.72. The van der Waals surface area contributed by atoms with E-state index in [-0.39, 0.29) is 24.3 Å². The maximum atomic E-state index is 13.9. The van der Waals surface area contributed by atoms with Crippen molar-refractivity contribution in [2.45, 2.75) is 56.3 Å². The van der Waals surface area contributed by atoms with Crippen LogP contribution in [0.3, 0.4) is 0 Å². The second kappa shape index (κ2) is 6.55. The molecule has 0 spiro atoms. The van der Waals surface area contributed by atoms with Crippen LogP contribution in [0.1, 0.15) is 43.2 Å². The van der Waals surface area contributed by atoms with Crippen LogP contribution in [0.5, 0.6) is 5.75 Å². The molecule has 1 aliphatic carbocycles. The summed E-state index contributed by atoms with van der Waals surface area (Å²) in [6.45, 7) is 1.75. The van der Waals surface area contributed by atoms with Gasteiger partial charge >= 0.3 is 12.1 Å². The van der Waals surface area contributed by atoms with E-state index in [2.05, 4.69) is 10.2 Å². The van der Waals surface area contributed by atoms with Crippen molar-refractivity contribution < 1.29 is 27.4 Å². The van der Waals surface area contributed by atoms with Gasteiger partial charge in [0, 0.05) is 12.0 Å². The molecule has 3 rings (SSSR count). The van der Waals surface area contributed by atoms with Crippen molar-refractivity contribution in [3.8, 4) is 5.75 Å². The number of rotatable bonds is 4. The third kappa shape index (κ3) is 2.95. The first-order valence-corrected chi connectivity index (χ1v) is 8.58. The number of hydrogen-bond donors (Lipinski definition) is 0. The molecule has 0 N–H and O–H groups in total. The van der Waals surface area contributed by atoms with Crippen molar-refractivity contribution >= 4 is 5.97 Å². The van der Waals surface area contributed by atoms with Gasteiger partial charge in [0.2, 0.25) is 11.1 Å². The topological polar surface area (TPSA) is 60.2 Å². The van der Waals surface area contributed by atoms with Crippen LogP contribution in [-0.4, -0.2) is 31.4 Å². The molecule has 1 atom stereocenters. The van der Waals surface area contributed by atoms with Gasteiger partial charge in [-0.3, -0.25) is 0 Å². The Balaban J connectivity index is 2.10. The van der Waals surface area contributed by atoms with Crippen LogP contribution in [0.4, 0.5) is 13.2 Å². The Morgan fingerprint density at radius 3 is 2.42 bits per heavy atom. The van der Waals surface area contributed by atoms with E-state index in [0.717, 1.165) is 18.4 Å². The normalized spacial score (nSPS) is 24.7. The Kier molecular flexibility index (Phi) is 4.71. The van der Waals surface area contributed by atoms with Gasteiger partial charge < -0.3 is 9.47 Å². The highest BCUT2D eigenvalue weighted by molar-refractivity contribution is 5.80. The van der Waals surface area contributed by atoms with Crippen LogP contribution in [0.15, 0.2) is 28.4 Å². The Bertz CT molecular complexity index is 727. The van der Waals surface area contributed by atoms with Crippen molar-refractivity contribution in [2.75, 3.05) is 13.7 Å². The number of benzene rings is 1. The number of methoxy groups -OCH3 is 1. The van der Waals surface area contributed by atoms with E-state index in [0.29, 0.717) is 12.8 Å². The third-order valence-corrected chi connectivity index (χ3v) is 5.14. The molecule has 8 heteroatoms. The van der Waals surface area contributed by atoms with Gasteiger partial charge in [-0.05, 0) is 44.2 Å². The summed E-state index contributed by atoms with van der Waals surface area (Å²) in [6.07, 6.45) is -2.57. The van der Waals surface area contributed by atoms with Gasteiger partial charge in [-0.25, -0.2) is 4.79 Å². The first-order chi connectivity index (χ1) is 12.2. The predicted molar refractivity (Wildman–Crippen MR) is 87.1 cm³/mol. The van der Waals surface area contributed by atoms with Crippen LogP contribution in [-0.2, 0) is 15.1 Å². The Hall–Kier alpha value is -2.12. The van der Waals surface area contributed by atoms with E-state index in [1.807, 2.05) is 0 Å². The Morgan fingerprint density at radius 2 is 1.88 bits per heavy atom. The number of ether oxygens (including phenoxy) is 2. The molecule has 1 aliphatic heterocycles. The van der Waals surface area contributed by atoms with Crippen molar-refractivity contribution in [1.82, 2.24) is 0 Å². The van der Waals surface area contributed by atoms with Gasteiger partial charge in [-0.2, -0.15) is 23.4 Å². The molecular formula is C18H21F3N2O3. The second-order valence-corrected chi connectivity index (χ2v) is 6.87. The Morgan fingerprint density at radius 1 is 1.19 bits per heavy atom. The van der Waals surface area contributed by atoms with Gasteiger partial charge in [0.15, 0.2) is 0 Å². The SMILES string of the molecule is COC(=O)C1(Oc2cc(C)ccc2C2(C(F)(F)F)CCN=N2)CCCC1. The molecule has 0 bridgehead atoms. The molecule has 2 aliphatic rings. The summed E-state index contributed by atoms with van der Waals surface area (Å²) in [5, 5.41) is 7.17. The molecule has 1 aromatic carbocycles. The first-order valence-electron chi connectivity index (χ1n) is 8.58. The molecule has 0 radical (unpaired) electrons. The number of azo groups is 1. The molecule has 1 heterocycles. The van der Waals surface area contributed by atoms with Crippen molar-refractivity contribution in [3.63, 3.8) is 0 Å². The highest BCUT2D eigenvalue weighted by Gasteiger charge is 2.60. The molecule has 1 saturated carbocycles. The van der Waals surface area contributed by atoms with Crippen LogP contribution >= 0.6 is 0 Å². The highest BCUT2D eigenvalue weighted by Crippen LogP contribution is 2.51. The van der Waals surface area contributed by atoms with Gasteiger partial charge in [0.25, 0.3) is 0 Å². The summed E-state index contributed by atoms with van der Waals surface area (Å²) < 4.78 is 52.6. The lowest BCUT2D eigenvalue weighted by atomic mass is 9.86. The molecule has 26 heavy (non-hydrogen) atoms. The monoisotopic (exact) mass is 370 g/mol. The lowest BCUT2D eigenvalue weighted by Gasteiger charge is -2.33. The summed E-state index contributed by atoms with van der Waals surface area (Å²) in [6, 6.07) is 4.49. The van der Waals surface area contributed by atoms with E-state index in [9.17, 15) is 18.0 Å². The molecule has 142 valence electrons. The quantitative estimate of drug-likeness (QED) is 0.735. The lowest BCUT2D eigenvalue weighted by Crippen LogP contribution is -2.44. The molecule has 0 aromatic heterocycles. The largest absolute Gasteiger partial charge is 0.475 e. The van der Waals surface area contributed by atoms with Crippen LogP contribution in [0.2, 0.25) is 0 Å². The molecule has 1 fully saturated rings. The Labute approximate surface area is 149 Å². The second-order valence-electron chi connectivity index (χ2n) is 6.87. The van der Waals surface area contributed by atoms with Gasteiger partial charge in [0.1, 0.15) is 5.75 Å². The fourth-order valence-electron chi connectivity index (χ4n) is 3.72. The van der Waals surface area contributed by atoms with E-state index < -0.39 is 23.3 Å². The number of nitrogens with zero attached hydrogens (tertiary/aromatic N) is 2. The summed E-state index contributed by atoms with van der Waals surface area (Å²) >= 11 is 0. The summed E-state index contributed by atoms with van der Waals surface area (Å²) in [5.41, 5.74) is -3.06. The minimum atomic E-state index is -4.62. The minimum Gasteiger partial charge on any atom is -0.475 e. The number of hydrogen-bond acceptors (Lipinski definition) is 5. The maximum absolute atomic E-state index is 13.9.